The number of aryl methyl sites for hydroxylation is 1. The number of amides is 1. The smallest absolute Gasteiger partial charge is 0.293 e. The van der Waals surface area contributed by atoms with E-state index >= 15 is 0 Å². The normalized spacial score (nSPS) is 19.4. The van der Waals surface area contributed by atoms with Gasteiger partial charge in [-0.2, -0.15) is 10.2 Å². The number of fused-ring (bicyclic) bond motifs is 1. The van der Waals surface area contributed by atoms with Crippen LogP contribution >= 0.6 is 0 Å². The third-order valence-electron chi connectivity index (χ3n) is 5.66. The van der Waals surface area contributed by atoms with Crippen molar-refractivity contribution in [2.75, 3.05) is 13.1 Å². The van der Waals surface area contributed by atoms with E-state index in [-0.39, 0.29) is 36.1 Å². The molecule has 1 aliphatic rings. The minimum Gasteiger partial charge on any atom is -0.372 e. The maximum absolute atomic E-state index is 13.5. The van der Waals surface area contributed by atoms with E-state index in [2.05, 4.69) is 10.2 Å². The topological polar surface area (TPSA) is 82.2 Å². The van der Waals surface area contributed by atoms with Gasteiger partial charge in [0.2, 0.25) is 5.91 Å². The van der Waals surface area contributed by atoms with Crippen molar-refractivity contribution >= 4 is 16.8 Å². The Morgan fingerprint density at radius 2 is 1.87 bits per heavy atom. The Kier molecular flexibility index (Phi) is 5.66. The molecule has 1 aromatic carbocycles. The Morgan fingerprint density at radius 3 is 2.52 bits per heavy atom. The Bertz CT molecular complexity index is 1170. The summed E-state index contributed by atoms with van der Waals surface area (Å²) in [7, 11) is 0. The van der Waals surface area contributed by atoms with Gasteiger partial charge < -0.3 is 9.64 Å². The summed E-state index contributed by atoms with van der Waals surface area (Å²) in [4.78, 5) is 28.2. The molecule has 0 radical (unpaired) electrons. The molecule has 8 heteroatoms. The summed E-state index contributed by atoms with van der Waals surface area (Å²) >= 11 is 0. The molecule has 0 unspecified atom stereocenters. The van der Waals surface area contributed by atoms with Gasteiger partial charge in [0.15, 0.2) is 0 Å². The zero-order valence-electron chi connectivity index (χ0n) is 18.7. The number of para-hydroxylation sites is 1. The Morgan fingerprint density at radius 1 is 1.19 bits per heavy atom. The molecule has 1 saturated heterocycles. The molecule has 2 atom stereocenters. The number of aromatic nitrogens is 4. The third-order valence-corrected chi connectivity index (χ3v) is 5.66. The highest BCUT2D eigenvalue weighted by Crippen LogP contribution is 2.24. The Balaban J connectivity index is 1.80. The molecular weight excluding hydrogens is 394 g/mol. The molecule has 0 spiro atoms. The van der Waals surface area contributed by atoms with Gasteiger partial charge >= 0.3 is 0 Å². The zero-order valence-corrected chi connectivity index (χ0v) is 18.7. The first kappa shape index (κ1) is 21.2. The van der Waals surface area contributed by atoms with E-state index in [4.69, 9.17) is 4.74 Å². The van der Waals surface area contributed by atoms with E-state index in [1.807, 2.05) is 58.9 Å². The van der Waals surface area contributed by atoms with E-state index in [1.54, 1.807) is 15.8 Å². The summed E-state index contributed by atoms with van der Waals surface area (Å²) in [6.07, 6.45) is 1.63. The molecule has 1 fully saturated rings. The minimum atomic E-state index is -0.317. The Labute approximate surface area is 181 Å². The summed E-state index contributed by atoms with van der Waals surface area (Å²) in [5.41, 5.74) is 2.73. The fourth-order valence-electron chi connectivity index (χ4n) is 4.22. The lowest BCUT2D eigenvalue weighted by molar-refractivity contribution is -0.144. The highest BCUT2D eigenvalue weighted by molar-refractivity contribution is 5.83. The summed E-state index contributed by atoms with van der Waals surface area (Å²) < 4.78 is 8.68. The number of hydrogen-bond donors (Lipinski definition) is 0. The van der Waals surface area contributed by atoms with Gasteiger partial charge in [0, 0.05) is 18.5 Å². The molecule has 164 valence electrons. The number of morpholine rings is 1. The van der Waals surface area contributed by atoms with E-state index in [0.29, 0.717) is 18.6 Å². The molecule has 0 aliphatic carbocycles. The second kappa shape index (κ2) is 8.26. The Hall–Kier alpha value is -3.00. The molecule has 3 aromatic rings. The fourth-order valence-corrected chi connectivity index (χ4v) is 4.22. The molecule has 0 saturated carbocycles. The monoisotopic (exact) mass is 423 g/mol. The summed E-state index contributed by atoms with van der Waals surface area (Å²) in [6, 6.07) is 7.79. The van der Waals surface area contributed by atoms with Gasteiger partial charge in [0.1, 0.15) is 12.1 Å². The van der Waals surface area contributed by atoms with Gasteiger partial charge in [0.25, 0.3) is 5.56 Å². The number of nitrogens with zero attached hydrogens (tertiary/aromatic N) is 5. The molecule has 8 nitrogen and oxygen atoms in total. The van der Waals surface area contributed by atoms with Crippen LogP contribution in [0.25, 0.3) is 16.6 Å². The van der Waals surface area contributed by atoms with Crippen LogP contribution in [0.4, 0.5) is 0 Å². The van der Waals surface area contributed by atoms with Gasteiger partial charge in [-0.05, 0) is 38.3 Å². The van der Waals surface area contributed by atoms with Crippen LogP contribution in [0.5, 0.6) is 0 Å². The second-order valence-corrected chi connectivity index (χ2v) is 8.66. The lowest BCUT2D eigenvalue weighted by Gasteiger charge is -2.35. The average molecular weight is 424 g/mol. The number of carbonyl (C=O) groups excluding carboxylic acids is 1. The van der Waals surface area contributed by atoms with E-state index in [0.717, 1.165) is 22.3 Å². The molecule has 0 bridgehead atoms. The molecule has 2 aromatic heterocycles. The molecule has 1 aliphatic heterocycles. The zero-order chi connectivity index (χ0) is 22.3. The van der Waals surface area contributed by atoms with Crippen LogP contribution in [0.2, 0.25) is 0 Å². The largest absolute Gasteiger partial charge is 0.372 e. The number of carbonyl (C=O) groups is 1. The van der Waals surface area contributed by atoms with Gasteiger partial charge in [-0.25, -0.2) is 9.36 Å². The molecule has 1 amide bonds. The summed E-state index contributed by atoms with van der Waals surface area (Å²) in [6.45, 7) is 10.8. The van der Waals surface area contributed by atoms with Crippen molar-refractivity contribution in [1.82, 2.24) is 24.5 Å². The van der Waals surface area contributed by atoms with Gasteiger partial charge in [-0.1, -0.05) is 32.0 Å². The van der Waals surface area contributed by atoms with E-state index in [9.17, 15) is 9.59 Å². The fraction of sp³-hybridized carbons (Fsp3) is 0.478. The van der Waals surface area contributed by atoms with E-state index in [1.165, 1.54) is 4.68 Å². The van der Waals surface area contributed by atoms with Gasteiger partial charge in [-0.3, -0.25) is 9.59 Å². The molecule has 3 heterocycles. The third kappa shape index (κ3) is 3.99. The van der Waals surface area contributed by atoms with Crippen molar-refractivity contribution in [3.8, 4) is 5.69 Å². The van der Waals surface area contributed by atoms with Crippen LogP contribution < -0.4 is 5.56 Å². The summed E-state index contributed by atoms with van der Waals surface area (Å²) in [5.74, 6) is -0.0602. The van der Waals surface area contributed by atoms with Crippen molar-refractivity contribution in [2.24, 2.45) is 0 Å². The standard InChI is InChI=1S/C23H29N5O3/c1-14(2)21-18-10-24-28(19-9-7-6-8-15(19)3)22(18)23(30)27(25-21)13-20(29)26-11-16(4)31-17(5)12-26/h6-10,14,16-17H,11-13H2,1-5H3/t16-,17-/m0/s1. The molecule has 4 rings (SSSR count). The quantitative estimate of drug-likeness (QED) is 0.644. The molecular formula is C23H29N5O3. The molecule has 31 heavy (non-hydrogen) atoms. The first-order valence-corrected chi connectivity index (χ1v) is 10.7. The van der Waals surface area contributed by atoms with Crippen molar-refractivity contribution in [3.63, 3.8) is 0 Å². The average Bonchev–Trinajstić information content (AvgIpc) is 3.14. The van der Waals surface area contributed by atoms with Gasteiger partial charge in [-0.15, -0.1) is 0 Å². The predicted molar refractivity (Wildman–Crippen MR) is 119 cm³/mol. The SMILES string of the molecule is Cc1ccccc1-n1ncc2c(C(C)C)nn(CC(=O)N3C[C@H](C)O[C@@H](C)C3)c(=O)c21. The highest BCUT2D eigenvalue weighted by Gasteiger charge is 2.27. The maximum Gasteiger partial charge on any atom is 0.293 e. The number of ether oxygens (including phenoxy) is 1. The first-order chi connectivity index (χ1) is 14.8. The molecule has 0 N–H and O–H groups in total. The first-order valence-electron chi connectivity index (χ1n) is 10.7. The van der Waals surface area contributed by atoms with E-state index < -0.39 is 0 Å². The van der Waals surface area contributed by atoms with Crippen molar-refractivity contribution < 1.29 is 9.53 Å². The van der Waals surface area contributed by atoms with Crippen molar-refractivity contribution in [1.29, 1.82) is 0 Å². The highest BCUT2D eigenvalue weighted by atomic mass is 16.5. The van der Waals surface area contributed by atoms with Crippen LogP contribution in [-0.2, 0) is 16.1 Å². The lowest BCUT2D eigenvalue weighted by Crippen LogP contribution is -2.49. The number of benzene rings is 1. The maximum atomic E-state index is 13.5. The van der Waals surface area contributed by atoms with Gasteiger partial charge in [0.05, 0.1) is 29.8 Å². The van der Waals surface area contributed by atoms with Crippen molar-refractivity contribution in [3.05, 3.63) is 52.1 Å². The van der Waals surface area contributed by atoms with Crippen molar-refractivity contribution in [2.45, 2.75) is 59.3 Å². The lowest BCUT2D eigenvalue weighted by atomic mass is 10.1. The van der Waals surface area contributed by atoms with Crippen LogP contribution in [-0.4, -0.2) is 55.7 Å². The van der Waals surface area contributed by atoms with Crippen LogP contribution in [0, 0.1) is 6.92 Å². The number of hydrogen-bond acceptors (Lipinski definition) is 5. The number of rotatable bonds is 4. The summed E-state index contributed by atoms with van der Waals surface area (Å²) in [5, 5.41) is 9.81. The second-order valence-electron chi connectivity index (χ2n) is 8.66. The van der Waals surface area contributed by atoms with Crippen LogP contribution in [0.3, 0.4) is 0 Å². The minimum absolute atomic E-state index is 0.0337. The van der Waals surface area contributed by atoms with Crippen LogP contribution in [0.1, 0.15) is 44.9 Å². The van der Waals surface area contributed by atoms with Crippen LogP contribution in [0.15, 0.2) is 35.3 Å². The predicted octanol–water partition coefficient (Wildman–Crippen LogP) is 2.65.